The van der Waals surface area contributed by atoms with E-state index < -0.39 is 73.0 Å². The fraction of sp³-hybridized carbons (Fsp3) is 0.381. The number of carbonyl (C=O) groups excluding carboxylic acids is 3. The lowest BCUT2D eigenvalue weighted by Gasteiger charge is -2.36. The van der Waals surface area contributed by atoms with Crippen LogP contribution in [0.15, 0.2) is 91.5 Å². The number of aromatic nitrogens is 1. The molecule has 2 aliphatic carbocycles. The lowest BCUT2D eigenvalue weighted by Crippen LogP contribution is -2.58. The molecule has 16 heteroatoms. The van der Waals surface area contributed by atoms with E-state index in [4.69, 9.17) is 14.5 Å². The SMILES string of the molecule is C=C[C@@H]1C[C@]1(NC(=O)[C@@H]1C[C@@H](Oc2cc(-c3ccccc3)nc3cc(OC)ccc23)CN1C(=O)[C@@H](Nc1ccccc1[N+](=O)[O-])C(C)(C)C)C(=O)NS(=O)(=O)C1CC1. The molecule has 0 bridgehead atoms. The van der Waals surface area contributed by atoms with Gasteiger partial charge >= 0.3 is 0 Å². The van der Waals surface area contributed by atoms with Gasteiger partial charge in [0.2, 0.25) is 21.8 Å². The smallest absolute Gasteiger partial charge is 0.292 e. The number of nitrogens with one attached hydrogen (secondary N) is 3. The van der Waals surface area contributed by atoms with Crippen LogP contribution in [0.25, 0.3) is 22.2 Å². The Labute approximate surface area is 336 Å². The Morgan fingerprint density at radius 2 is 1.76 bits per heavy atom. The van der Waals surface area contributed by atoms with Crippen LogP contribution in [0.2, 0.25) is 0 Å². The van der Waals surface area contributed by atoms with Crippen molar-refractivity contribution < 1.29 is 37.2 Å². The van der Waals surface area contributed by atoms with E-state index in [0.29, 0.717) is 40.9 Å². The summed E-state index contributed by atoms with van der Waals surface area (Å²) in [7, 11) is -2.38. The summed E-state index contributed by atoms with van der Waals surface area (Å²) in [6.07, 6.45) is 1.74. The van der Waals surface area contributed by atoms with Crippen LogP contribution in [-0.4, -0.2) is 83.6 Å². The zero-order chi connectivity index (χ0) is 41.6. The molecule has 2 saturated carbocycles. The molecule has 304 valence electrons. The van der Waals surface area contributed by atoms with Crippen LogP contribution in [-0.2, 0) is 24.4 Å². The van der Waals surface area contributed by atoms with Crippen LogP contribution in [0.1, 0.15) is 46.5 Å². The van der Waals surface area contributed by atoms with Crippen LogP contribution in [0.3, 0.4) is 0 Å². The number of carbonyl (C=O) groups is 3. The average Bonchev–Trinajstić information content (AvgIpc) is 4.13. The van der Waals surface area contributed by atoms with Gasteiger partial charge in [0, 0.05) is 41.5 Å². The number of hydrogen-bond acceptors (Lipinski definition) is 11. The molecule has 58 heavy (non-hydrogen) atoms. The van der Waals surface area contributed by atoms with Crippen molar-refractivity contribution in [3.05, 3.63) is 102 Å². The van der Waals surface area contributed by atoms with Crippen LogP contribution in [0.4, 0.5) is 11.4 Å². The maximum atomic E-state index is 14.9. The minimum Gasteiger partial charge on any atom is -0.497 e. The molecular weight excluding hydrogens is 765 g/mol. The third-order valence-corrected chi connectivity index (χ3v) is 12.8. The van der Waals surface area contributed by atoms with E-state index in [9.17, 15) is 32.9 Å². The van der Waals surface area contributed by atoms with E-state index in [-0.39, 0.29) is 30.8 Å². The number of rotatable bonds is 14. The second kappa shape index (κ2) is 15.4. The third-order valence-electron chi connectivity index (χ3n) is 11.0. The van der Waals surface area contributed by atoms with Crippen LogP contribution < -0.4 is 24.8 Å². The number of fused-ring (bicyclic) bond motifs is 1. The van der Waals surface area contributed by atoms with Crippen molar-refractivity contribution in [2.45, 2.75) is 75.4 Å². The monoisotopic (exact) mass is 810 g/mol. The Kier molecular flexibility index (Phi) is 10.7. The molecule has 4 aromatic rings. The molecule has 3 aliphatic rings. The van der Waals surface area contributed by atoms with Gasteiger partial charge in [0.05, 0.1) is 35.0 Å². The lowest BCUT2D eigenvalue weighted by atomic mass is 9.85. The minimum absolute atomic E-state index is 0.00259. The number of methoxy groups -OCH3 is 1. The van der Waals surface area contributed by atoms with Gasteiger partial charge in [-0.2, -0.15) is 0 Å². The summed E-state index contributed by atoms with van der Waals surface area (Å²) in [6.45, 7) is 9.13. The van der Waals surface area contributed by atoms with E-state index in [2.05, 4.69) is 21.9 Å². The maximum Gasteiger partial charge on any atom is 0.292 e. The highest BCUT2D eigenvalue weighted by molar-refractivity contribution is 7.91. The Morgan fingerprint density at radius 3 is 2.40 bits per heavy atom. The molecule has 5 atom stereocenters. The number of amides is 3. The Balaban J connectivity index is 1.24. The van der Waals surface area contributed by atoms with Crippen LogP contribution in [0, 0.1) is 21.4 Å². The number of nitro benzene ring substituents is 1. The summed E-state index contributed by atoms with van der Waals surface area (Å²) < 4.78 is 40.0. The molecule has 1 saturated heterocycles. The highest BCUT2D eigenvalue weighted by atomic mass is 32.2. The fourth-order valence-corrected chi connectivity index (χ4v) is 8.82. The van der Waals surface area contributed by atoms with Gasteiger partial charge in [0.25, 0.3) is 11.6 Å². The van der Waals surface area contributed by atoms with Gasteiger partial charge in [-0.05, 0) is 42.9 Å². The van der Waals surface area contributed by atoms with Crippen LogP contribution >= 0.6 is 0 Å². The molecule has 3 N–H and O–H groups in total. The first-order valence-corrected chi connectivity index (χ1v) is 20.6. The normalized spacial score (nSPS) is 22.1. The van der Waals surface area contributed by atoms with Crippen molar-refractivity contribution in [3.8, 4) is 22.8 Å². The van der Waals surface area contributed by atoms with Crippen LogP contribution in [0.5, 0.6) is 11.5 Å². The molecular formula is C42H46N6O9S. The molecule has 0 unspecified atom stereocenters. The number of nitro groups is 1. The molecule has 1 aromatic heterocycles. The summed E-state index contributed by atoms with van der Waals surface area (Å²) in [5.74, 6) is -1.59. The molecule has 15 nitrogen and oxygen atoms in total. The van der Waals surface area contributed by atoms with E-state index in [0.717, 1.165) is 5.56 Å². The van der Waals surface area contributed by atoms with Gasteiger partial charge < -0.3 is 25.0 Å². The van der Waals surface area contributed by atoms with E-state index in [1.165, 1.54) is 29.2 Å². The quantitative estimate of drug-likeness (QED) is 0.0842. The Morgan fingerprint density at radius 1 is 1.05 bits per heavy atom. The second-order valence-corrected chi connectivity index (χ2v) is 18.1. The first kappa shape index (κ1) is 40.2. The number of nitrogens with zero attached hydrogens (tertiary/aromatic N) is 3. The van der Waals surface area contributed by atoms with Gasteiger partial charge in [0.15, 0.2) is 0 Å². The Bertz CT molecular complexity index is 2400. The van der Waals surface area contributed by atoms with Crippen molar-refractivity contribution in [1.82, 2.24) is 19.9 Å². The van der Waals surface area contributed by atoms with E-state index >= 15 is 0 Å². The fourth-order valence-electron chi connectivity index (χ4n) is 7.46. The lowest BCUT2D eigenvalue weighted by molar-refractivity contribution is -0.384. The summed E-state index contributed by atoms with van der Waals surface area (Å²) in [5.41, 5.74) is -0.470. The number of anilines is 1. The summed E-state index contributed by atoms with van der Waals surface area (Å²) in [5, 5.41) is 17.9. The molecule has 3 aromatic carbocycles. The number of ether oxygens (including phenoxy) is 2. The highest BCUT2D eigenvalue weighted by Gasteiger charge is 2.62. The molecule has 3 amide bonds. The second-order valence-electron chi connectivity index (χ2n) is 16.1. The van der Waals surface area contributed by atoms with Crippen molar-refractivity contribution >= 4 is 50.0 Å². The van der Waals surface area contributed by atoms with Gasteiger partial charge in [-0.3, -0.25) is 29.2 Å². The maximum absolute atomic E-state index is 14.9. The van der Waals surface area contributed by atoms with Crippen molar-refractivity contribution in [2.24, 2.45) is 11.3 Å². The molecule has 1 aliphatic heterocycles. The predicted molar refractivity (Wildman–Crippen MR) is 217 cm³/mol. The number of para-hydroxylation sites is 2. The zero-order valence-electron chi connectivity index (χ0n) is 32.6. The number of pyridine rings is 1. The van der Waals surface area contributed by atoms with Crippen molar-refractivity contribution in [2.75, 3.05) is 19.0 Å². The molecule has 0 radical (unpaired) electrons. The van der Waals surface area contributed by atoms with Gasteiger partial charge in [-0.15, -0.1) is 6.58 Å². The highest BCUT2D eigenvalue weighted by Crippen LogP contribution is 2.46. The van der Waals surface area contributed by atoms with Crippen molar-refractivity contribution in [3.63, 3.8) is 0 Å². The van der Waals surface area contributed by atoms with Gasteiger partial charge in [-0.1, -0.05) is 69.3 Å². The third kappa shape index (κ3) is 8.05. The van der Waals surface area contributed by atoms with E-state index in [1.807, 2.05) is 36.4 Å². The first-order valence-electron chi connectivity index (χ1n) is 19.1. The number of hydrogen-bond donors (Lipinski definition) is 3. The van der Waals surface area contributed by atoms with Crippen molar-refractivity contribution in [1.29, 1.82) is 0 Å². The largest absolute Gasteiger partial charge is 0.497 e. The number of sulfonamides is 1. The van der Waals surface area contributed by atoms with Gasteiger partial charge in [-0.25, -0.2) is 13.4 Å². The number of benzene rings is 3. The molecule has 0 spiro atoms. The first-order chi connectivity index (χ1) is 27.5. The molecule has 7 rings (SSSR count). The van der Waals surface area contributed by atoms with E-state index in [1.54, 1.807) is 52.1 Å². The Hall–Kier alpha value is -6.03. The zero-order valence-corrected chi connectivity index (χ0v) is 33.5. The average molecular weight is 811 g/mol. The molecule has 2 heterocycles. The number of likely N-dealkylation sites (tertiary alicyclic amines) is 1. The summed E-state index contributed by atoms with van der Waals surface area (Å²) in [4.78, 5) is 60.7. The topological polar surface area (TPSA) is 199 Å². The minimum atomic E-state index is -3.94. The molecule has 3 fully saturated rings. The summed E-state index contributed by atoms with van der Waals surface area (Å²) >= 11 is 0. The summed E-state index contributed by atoms with van der Waals surface area (Å²) in [6, 6.07) is 20.5. The van der Waals surface area contributed by atoms with Gasteiger partial charge in [0.1, 0.15) is 40.9 Å². The predicted octanol–water partition coefficient (Wildman–Crippen LogP) is 5.36. The standard InChI is InChI=1S/C42H46N6O9S/c1-6-26-23-42(26,40(51)46-58(54,55)29-17-18-29)45-38(49)35-21-28(24-47(35)39(50)37(41(2,3)4)44-31-14-10-11-15-34(31)48(52)53)57-36-22-32(25-12-8-7-9-13-25)43-33-20-27(56-5)16-19-30(33)36/h6-16,19-20,22,26,28-29,35,37,44H,1,17-18,21,23-24H2,2-5H3,(H,45,49)(H,46,51)/t26-,28-,35+,37-,42-/m1/s1.